The molecule has 0 spiro atoms. The van der Waals surface area contributed by atoms with E-state index in [1.54, 1.807) is 32.9 Å². The van der Waals surface area contributed by atoms with Crippen LogP contribution in [0.4, 0.5) is 20.6 Å². The van der Waals surface area contributed by atoms with Crippen molar-refractivity contribution in [2.45, 2.75) is 95.9 Å². The second-order valence-corrected chi connectivity index (χ2v) is 11.8. The van der Waals surface area contributed by atoms with Crippen molar-refractivity contribution in [2.75, 3.05) is 16.3 Å². The smallest absolute Gasteiger partial charge is 0.410 e. The van der Waals surface area contributed by atoms with Gasteiger partial charge >= 0.3 is 6.09 Å². The van der Waals surface area contributed by atoms with Gasteiger partial charge in [-0.2, -0.15) is 0 Å². The maximum absolute atomic E-state index is 14.6. The van der Waals surface area contributed by atoms with E-state index in [0.29, 0.717) is 18.7 Å². The highest BCUT2D eigenvalue weighted by atomic mass is 19.1. The number of halogens is 1. The first kappa shape index (κ1) is 27.2. The van der Waals surface area contributed by atoms with Gasteiger partial charge in [0.05, 0.1) is 0 Å². The highest BCUT2D eigenvalue weighted by Gasteiger charge is 2.48. The van der Waals surface area contributed by atoms with E-state index in [1.807, 2.05) is 29.2 Å². The van der Waals surface area contributed by atoms with E-state index in [1.165, 1.54) is 21.9 Å². The number of nitrogens with zero attached hydrogens (tertiary/aromatic N) is 3. The van der Waals surface area contributed by atoms with Gasteiger partial charge in [0.15, 0.2) is 0 Å². The van der Waals surface area contributed by atoms with Crippen LogP contribution in [0.2, 0.25) is 0 Å². The molecule has 2 atom stereocenters. The minimum absolute atomic E-state index is 0.0646. The Kier molecular flexibility index (Phi) is 7.65. The summed E-state index contributed by atoms with van der Waals surface area (Å²) in [6.07, 6.45) is 6.49. The molecule has 2 aromatic carbocycles. The summed E-state index contributed by atoms with van der Waals surface area (Å²) >= 11 is 0. The molecule has 3 aliphatic rings. The zero-order valence-corrected chi connectivity index (χ0v) is 23.1. The first-order chi connectivity index (χ1) is 18.7. The lowest BCUT2D eigenvalue weighted by molar-refractivity contribution is -0.128. The second kappa shape index (κ2) is 11.0. The summed E-state index contributed by atoms with van der Waals surface area (Å²) in [6, 6.07) is 11.7. The average molecular weight is 536 g/mol. The SMILES string of the molecule is CC(C)(C)OC(=O)N1CCCCC1C(=O)N(c1cccc(F)c1)C1C(=O)N(C2CCCCC2)c2ccccc21. The van der Waals surface area contributed by atoms with Gasteiger partial charge in [-0.3, -0.25) is 19.4 Å². The van der Waals surface area contributed by atoms with Gasteiger partial charge in [0.1, 0.15) is 23.5 Å². The number of likely N-dealkylation sites (tertiary alicyclic amines) is 1. The average Bonchev–Trinajstić information content (AvgIpc) is 3.20. The first-order valence-electron chi connectivity index (χ1n) is 14.2. The summed E-state index contributed by atoms with van der Waals surface area (Å²) in [7, 11) is 0. The van der Waals surface area contributed by atoms with E-state index in [-0.39, 0.29) is 11.9 Å². The number of para-hydroxylation sites is 1. The van der Waals surface area contributed by atoms with Crippen LogP contribution in [0.1, 0.15) is 83.7 Å². The Morgan fingerprint density at radius 3 is 2.38 bits per heavy atom. The molecule has 1 saturated carbocycles. The Morgan fingerprint density at radius 2 is 1.67 bits per heavy atom. The zero-order valence-electron chi connectivity index (χ0n) is 23.1. The number of carbonyl (C=O) groups is 3. The molecule has 2 aliphatic heterocycles. The van der Waals surface area contributed by atoms with Crippen molar-refractivity contribution in [3.63, 3.8) is 0 Å². The Morgan fingerprint density at radius 1 is 0.949 bits per heavy atom. The van der Waals surface area contributed by atoms with E-state index in [0.717, 1.165) is 56.2 Å². The van der Waals surface area contributed by atoms with Crippen molar-refractivity contribution >= 4 is 29.3 Å². The normalized spacial score (nSPS) is 22.0. The molecule has 7 nitrogen and oxygen atoms in total. The molecular weight excluding hydrogens is 497 g/mol. The van der Waals surface area contributed by atoms with Crippen molar-refractivity contribution in [2.24, 2.45) is 0 Å². The Balaban J connectivity index is 1.57. The van der Waals surface area contributed by atoms with E-state index in [4.69, 9.17) is 4.74 Å². The van der Waals surface area contributed by atoms with Crippen molar-refractivity contribution < 1.29 is 23.5 Å². The van der Waals surface area contributed by atoms with Crippen LogP contribution in [0.15, 0.2) is 48.5 Å². The van der Waals surface area contributed by atoms with E-state index < -0.39 is 35.5 Å². The number of hydrogen-bond acceptors (Lipinski definition) is 4. The molecule has 2 heterocycles. The molecule has 5 rings (SSSR count). The van der Waals surface area contributed by atoms with Gasteiger partial charge in [-0.15, -0.1) is 0 Å². The molecule has 2 fully saturated rings. The van der Waals surface area contributed by atoms with Crippen molar-refractivity contribution in [1.82, 2.24) is 4.90 Å². The Hall–Kier alpha value is -3.42. The fourth-order valence-electron chi connectivity index (χ4n) is 6.20. The lowest BCUT2D eigenvalue weighted by atomic mass is 9.94. The van der Waals surface area contributed by atoms with Crippen LogP contribution in [-0.2, 0) is 14.3 Å². The van der Waals surface area contributed by atoms with E-state index >= 15 is 0 Å². The van der Waals surface area contributed by atoms with Crippen LogP contribution >= 0.6 is 0 Å². The highest BCUT2D eigenvalue weighted by molar-refractivity contribution is 6.12. The van der Waals surface area contributed by atoms with Crippen molar-refractivity contribution in [3.05, 3.63) is 59.9 Å². The van der Waals surface area contributed by atoms with Crippen LogP contribution in [0.5, 0.6) is 0 Å². The number of benzene rings is 2. The van der Waals surface area contributed by atoms with E-state index in [2.05, 4.69) is 0 Å². The summed E-state index contributed by atoms with van der Waals surface area (Å²) in [5, 5.41) is 0. The molecule has 0 radical (unpaired) electrons. The fourth-order valence-corrected chi connectivity index (χ4v) is 6.20. The molecule has 0 N–H and O–H groups in total. The topological polar surface area (TPSA) is 70.2 Å². The number of carbonyl (C=O) groups excluding carboxylic acids is 3. The molecular formula is C31H38FN3O4. The number of piperidine rings is 1. The van der Waals surface area contributed by atoms with Crippen LogP contribution in [0.3, 0.4) is 0 Å². The summed E-state index contributed by atoms with van der Waals surface area (Å²) in [6.45, 7) is 5.75. The molecule has 0 bridgehead atoms. The monoisotopic (exact) mass is 535 g/mol. The fraction of sp³-hybridized carbons (Fsp3) is 0.516. The summed E-state index contributed by atoms with van der Waals surface area (Å²) in [5.74, 6) is -1.08. The van der Waals surface area contributed by atoms with Gasteiger partial charge in [-0.25, -0.2) is 9.18 Å². The number of rotatable bonds is 4. The van der Waals surface area contributed by atoms with Crippen LogP contribution < -0.4 is 9.80 Å². The predicted molar refractivity (Wildman–Crippen MR) is 148 cm³/mol. The molecule has 8 heteroatoms. The predicted octanol–water partition coefficient (Wildman–Crippen LogP) is 6.37. The molecule has 3 amide bonds. The molecule has 0 aromatic heterocycles. The number of fused-ring (bicyclic) bond motifs is 1. The minimum atomic E-state index is -0.945. The first-order valence-corrected chi connectivity index (χ1v) is 14.2. The zero-order chi connectivity index (χ0) is 27.7. The van der Waals surface area contributed by atoms with E-state index in [9.17, 15) is 18.8 Å². The van der Waals surface area contributed by atoms with Gasteiger partial charge in [-0.1, -0.05) is 43.5 Å². The Bertz CT molecular complexity index is 1240. The summed E-state index contributed by atoms with van der Waals surface area (Å²) in [4.78, 5) is 46.7. The molecule has 208 valence electrons. The third kappa shape index (κ3) is 5.52. The van der Waals surface area contributed by atoms with Crippen LogP contribution in [0.25, 0.3) is 0 Å². The molecule has 2 aromatic rings. The largest absolute Gasteiger partial charge is 0.444 e. The highest BCUT2D eigenvalue weighted by Crippen LogP contribution is 2.45. The van der Waals surface area contributed by atoms with Crippen molar-refractivity contribution in [3.8, 4) is 0 Å². The number of amides is 3. The number of hydrogen-bond donors (Lipinski definition) is 0. The minimum Gasteiger partial charge on any atom is -0.444 e. The van der Waals surface area contributed by atoms with Crippen LogP contribution in [-0.4, -0.2) is 47.0 Å². The third-order valence-corrected chi connectivity index (χ3v) is 7.90. The van der Waals surface area contributed by atoms with Gasteiger partial charge < -0.3 is 9.64 Å². The standard InChI is InChI=1S/C31H38FN3O4/c1-31(2,3)39-30(38)33-19-10-9-18-26(33)28(36)35(23-15-11-12-21(32)20-23)27-24-16-7-8-17-25(24)34(29(27)37)22-13-5-4-6-14-22/h7-8,11-12,15-17,20,22,26-27H,4-6,9-10,13-14,18-19H2,1-3H3. The molecule has 2 unspecified atom stereocenters. The number of ether oxygens (including phenoxy) is 1. The molecule has 1 aliphatic carbocycles. The summed E-state index contributed by atoms with van der Waals surface area (Å²) in [5.41, 5.74) is 1.12. The van der Waals surface area contributed by atoms with Crippen LogP contribution in [0, 0.1) is 5.82 Å². The Labute approximate surface area is 229 Å². The lowest BCUT2D eigenvalue weighted by Gasteiger charge is -2.40. The van der Waals surface area contributed by atoms with Gasteiger partial charge in [0.2, 0.25) is 0 Å². The van der Waals surface area contributed by atoms with Gasteiger partial charge in [0, 0.05) is 29.5 Å². The third-order valence-electron chi connectivity index (χ3n) is 7.90. The van der Waals surface area contributed by atoms with Gasteiger partial charge in [-0.05, 0) is 77.1 Å². The lowest BCUT2D eigenvalue weighted by Crippen LogP contribution is -2.56. The maximum Gasteiger partial charge on any atom is 0.410 e. The molecule has 39 heavy (non-hydrogen) atoms. The molecule has 1 saturated heterocycles. The quantitative estimate of drug-likeness (QED) is 0.456. The maximum atomic E-state index is 14.6. The second-order valence-electron chi connectivity index (χ2n) is 11.8. The van der Waals surface area contributed by atoms with Crippen molar-refractivity contribution in [1.29, 1.82) is 0 Å². The summed E-state index contributed by atoms with van der Waals surface area (Å²) < 4.78 is 20.2. The van der Waals surface area contributed by atoms with Gasteiger partial charge in [0.25, 0.3) is 11.8 Å². The number of anilines is 2.